The van der Waals surface area contributed by atoms with Gasteiger partial charge in [-0.1, -0.05) is 82.0 Å². The average molecular weight is 591 g/mol. The molecule has 0 spiro atoms. The molecule has 2 amide bonds. The molecule has 4 rings (SSSR count). The summed E-state index contributed by atoms with van der Waals surface area (Å²) in [7, 11) is 0. The topological polar surface area (TPSA) is 82.7 Å². The van der Waals surface area contributed by atoms with Crippen LogP contribution in [0.15, 0.2) is 54.6 Å². The average Bonchev–Trinajstić information content (AvgIpc) is 3.03. The van der Waals surface area contributed by atoms with Crippen molar-refractivity contribution in [3.05, 3.63) is 65.7 Å². The Morgan fingerprint density at radius 3 is 2.23 bits per heavy atom. The zero-order valence-corrected chi connectivity index (χ0v) is 26.5. The molecule has 1 saturated heterocycles. The first kappa shape index (κ1) is 33.0. The highest BCUT2D eigenvalue weighted by Crippen LogP contribution is 2.23. The van der Waals surface area contributed by atoms with E-state index in [0.29, 0.717) is 31.4 Å². The molecule has 7 heteroatoms. The second-order valence-corrected chi connectivity index (χ2v) is 13.0. The molecule has 2 aliphatic rings. The second-order valence-electron chi connectivity index (χ2n) is 13.0. The lowest BCUT2D eigenvalue weighted by Gasteiger charge is -2.28. The van der Waals surface area contributed by atoms with Gasteiger partial charge in [0.25, 0.3) is 0 Å². The fraction of sp³-hybridized carbons (Fsp3) is 0.611. The summed E-state index contributed by atoms with van der Waals surface area (Å²) < 4.78 is 5.96. The van der Waals surface area contributed by atoms with Gasteiger partial charge in [-0.2, -0.15) is 0 Å². The first-order valence-corrected chi connectivity index (χ1v) is 16.8. The third-order valence-corrected chi connectivity index (χ3v) is 8.82. The zero-order valence-electron chi connectivity index (χ0n) is 26.5. The SMILES string of the molecule is CC(C)C[C@H](NCC1CCCCC1)C(=O)N[C@@H](Cc1ccc(OCc2ccccc2)cc1)C(=O)NCCN1CCCCC1. The molecule has 2 fully saturated rings. The summed E-state index contributed by atoms with van der Waals surface area (Å²) in [5.74, 6) is 1.58. The molecule has 0 aromatic heterocycles. The maximum atomic E-state index is 13.7. The fourth-order valence-corrected chi connectivity index (χ4v) is 6.28. The number of piperidine rings is 1. The van der Waals surface area contributed by atoms with Gasteiger partial charge >= 0.3 is 0 Å². The molecule has 236 valence electrons. The number of benzene rings is 2. The molecule has 1 heterocycles. The van der Waals surface area contributed by atoms with Crippen LogP contribution in [0, 0.1) is 11.8 Å². The minimum atomic E-state index is -0.643. The predicted molar refractivity (Wildman–Crippen MR) is 174 cm³/mol. The van der Waals surface area contributed by atoms with Gasteiger partial charge in [-0.3, -0.25) is 9.59 Å². The Labute approximate surface area is 259 Å². The normalized spacial score (nSPS) is 17.7. The van der Waals surface area contributed by atoms with Crippen LogP contribution in [-0.4, -0.2) is 61.5 Å². The zero-order chi connectivity index (χ0) is 30.3. The van der Waals surface area contributed by atoms with Gasteiger partial charge in [-0.15, -0.1) is 0 Å². The Morgan fingerprint density at radius 2 is 1.53 bits per heavy atom. The van der Waals surface area contributed by atoms with Crippen LogP contribution >= 0.6 is 0 Å². The van der Waals surface area contributed by atoms with Crippen molar-refractivity contribution in [1.29, 1.82) is 0 Å². The molecule has 2 aromatic carbocycles. The first-order chi connectivity index (χ1) is 21.0. The Kier molecular flexibility index (Phi) is 13.8. The summed E-state index contributed by atoms with van der Waals surface area (Å²) in [5, 5.41) is 9.86. The molecular weight excluding hydrogens is 536 g/mol. The number of amides is 2. The van der Waals surface area contributed by atoms with Crippen LogP contribution in [0.2, 0.25) is 0 Å². The molecular formula is C36H54N4O3. The Morgan fingerprint density at radius 1 is 0.837 bits per heavy atom. The highest BCUT2D eigenvalue weighted by molar-refractivity contribution is 5.90. The number of likely N-dealkylation sites (tertiary alicyclic amines) is 1. The minimum absolute atomic E-state index is 0.0801. The van der Waals surface area contributed by atoms with Gasteiger partial charge in [-0.05, 0) is 86.8 Å². The van der Waals surface area contributed by atoms with E-state index < -0.39 is 6.04 Å². The van der Waals surface area contributed by atoms with Gasteiger partial charge in [0.15, 0.2) is 0 Å². The summed E-state index contributed by atoms with van der Waals surface area (Å²) in [6.07, 6.45) is 11.3. The molecule has 1 aliphatic carbocycles. The molecule has 1 aliphatic heterocycles. The van der Waals surface area contributed by atoms with Crippen LogP contribution in [0.5, 0.6) is 5.75 Å². The van der Waals surface area contributed by atoms with Crippen LogP contribution in [0.3, 0.4) is 0 Å². The van der Waals surface area contributed by atoms with Crippen molar-refractivity contribution in [2.75, 3.05) is 32.7 Å². The van der Waals surface area contributed by atoms with Crippen molar-refractivity contribution in [1.82, 2.24) is 20.9 Å². The predicted octanol–water partition coefficient (Wildman–Crippen LogP) is 5.48. The molecule has 0 radical (unpaired) electrons. The van der Waals surface area contributed by atoms with E-state index in [1.54, 1.807) is 0 Å². The minimum Gasteiger partial charge on any atom is -0.489 e. The number of carbonyl (C=O) groups excluding carboxylic acids is 2. The van der Waals surface area contributed by atoms with Crippen LogP contribution in [0.4, 0.5) is 0 Å². The molecule has 3 N–H and O–H groups in total. The maximum Gasteiger partial charge on any atom is 0.242 e. The first-order valence-electron chi connectivity index (χ1n) is 16.8. The Hall–Kier alpha value is -2.90. The molecule has 0 unspecified atom stereocenters. The second kappa shape index (κ2) is 18.0. The van der Waals surface area contributed by atoms with Crippen LogP contribution in [0.1, 0.15) is 82.8 Å². The van der Waals surface area contributed by atoms with Gasteiger partial charge in [0.2, 0.25) is 11.8 Å². The van der Waals surface area contributed by atoms with Crippen LogP contribution in [0.25, 0.3) is 0 Å². The summed E-state index contributed by atoms with van der Waals surface area (Å²) in [6, 6.07) is 17.0. The van der Waals surface area contributed by atoms with Crippen LogP contribution in [-0.2, 0) is 22.6 Å². The standard InChI is InChI=1S/C36H54N4O3/c1-28(2)24-33(38-26-30-12-6-3-7-13-30)36(42)39-34(35(41)37-20-23-40-21-10-5-11-22-40)25-29-16-18-32(19-17-29)43-27-31-14-8-4-9-15-31/h4,8-9,14-19,28,30,33-34,38H,3,5-7,10-13,20-27H2,1-2H3,(H,37,41)(H,39,42)/t33-,34-/m0/s1. The van der Waals surface area contributed by atoms with Gasteiger partial charge in [0.1, 0.15) is 18.4 Å². The van der Waals surface area contributed by atoms with Crippen molar-refractivity contribution in [2.45, 2.75) is 96.7 Å². The highest BCUT2D eigenvalue weighted by Gasteiger charge is 2.27. The lowest BCUT2D eigenvalue weighted by Crippen LogP contribution is -2.55. The number of hydrogen-bond acceptors (Lipinski definition) is 5. The third kappa shape index (κ3) is 12.0. The number of nitrogens with one attached hydrogen (secondary N) is 3. The van der Waals surface area contributed by atoms with E-state index >= 15 is 0 Å². The number of carbonyl (C=O) groups is 2. The lowest BCUT2D eigenvalue weighted by molar-refractivity contribution is -0.130. The summed E-state index contributed by atoms with van der Waals surface area (Å²) >= 11 is 0. The molecule has 2 atom stereocenters. The Balaban J connectivity index is 1.37. The summed E-state index contributed by atoms with van der Waals surface area (Å²) in [4.78, 5) is 29.6. The smallest absolute Gasteiger partial charge is 0.242 e. The van der Waals surface area contributed by atoms with Gasteiger partial charge in [0, 0.05) is 19.5 Å². The summed E-state index contributed by atoms with van der Waals surface area (Å²) in [5.41, 5.74) is 2.10. The largest absolute Gasteiger partial charge is 0.489 e. The van der Waals surface area contributed by atoms with Crippen LogP contribution < -0.4 is 20.7 Å². The van der Waals surface area contributed by atoms with Gasteiger partial charge in [-0.25, -0.2) is 0 Å². The van der Waals surface area contributed by atoms with E-state index in [1.807, 2.05) is 54.6 Å². The van der Waals surface area contributed by atoms with Gasteiger partial charge in [0.05, 0.1) is 6.04 Å². The van der Waals surface area contributed by atoms with E-state index in [4.69, 9.17) is 4.74 Å². The quantitative estimate of drug-likeness (QED) is 0.241. The van der Waals surface area contributed by atoms with E-state index in [0.717, 1.165) is 49.5 Å². The molecule has 43 heavy (non-hydrogen) atoms. The number of ether oxygens (including phenoxy) is 1. The molecule has 2 aromatic rings. The monoisotopic (exact) mass is 590 g/mol. The molecule has 0 bridgehead atoms. The third-order valence-electron chi connectivity index (χ3n) is 8.82. The van der Waals surface area contributed by atoms with E-state index in [2.05, 4.69) is 34.7 Å². The van der Waals surface area contributed by atoms with Crippen molar-refractivity contribution >= 4 is 11.8 Å². The van der Waals surface area contributed by atoms with Gasteiger partial charge < -0.3 is 25.6 Å². The molecule has 1 saturated carbocycles. The number of hydrogen-bond donors (Lipinski definition) is 3. The highest BCUT2D eigenvalue weighted by atomic mass is 16.5. The van der Waals surface area contributed by atoms with Crippen molar-refractivity contribution < 1.29 is 14.3 Å². The van der Waals surface area contributed by atoms with Crippen molar-refractivity contribution in [3.63, 3.8) is 0 Å². The van der Waals surface area contributed by atoms with E-state index in [1.165, 1.54) is 51.4 Å². The number of rotatable bonds is 16. The van der Waals surface area contributed by atoms with Crippen molar-refractivity contribution in [3.8, 4) is 5.75 Å². The number of nitrogens with zero attached hydrogens (tertiary/aromatic N) is 1. The summed E-state index contributed by atoms with van der Waals surface area (Å²) in [6.45, 7) is 9.29. The van der Waals surface area contributed by atoms with E-state index in [9.17, 15) is 9.59 Å². The van der Waals surface area contributed by atoms with Crippen molar-refractivity contribution in [2.24, 2.45) is 11.8 Å². The maximum absolute atomic E-state index is 13.7. The fourth-order valence-electron chi connectivity index (χ4n) is 6.28. The lowest BCUT2D eigenvalue weighted by atomic mass is 9.89. The van der Waals surface area contributed by atoms with E-state index in [-0.39, 0.29) is 17.9 Å². The Bertz CT molecular complexity index is 1080. The molecule has 7 nitrogen and oxygen atoms in total.